The third-order valence-electron chi connectivity index (χ3n) is 4.72. The second-order valence-corrected chi connectivity index (χ2v) is 6.46. The number of aromatic nitrogens is 4. The number of anilines is 2. The Hall–Kier alpha value is -3.44. The van der Waals surface area contributed by atoms with Crippen molar-refractivity contribution in [2.75, 3.05) is 5.32 Å². The molecular weight excluding hydrogens is 370 g/mol. The van der Waals surface area contributed by atoms with Gasteiger partial charge in [-0.3, -0.25) is 4.57 Å². The number of fused-ring (bicyclic) bond motifs is 2. The van der Waals surface area contributed by atoms with Crippen molar-refractivity contribution in [3.05, 3.63) is 84.8 Å². The maximum atomic E-state index is 4.56. The van der Waals surface area contributed by atoms with E-state index in [1.165, 1.54) is 0 Å². The van der Waals surface area contributed by atoms with Crippen molar-refractivity contribution in [2.45, 2.75) is 6.92 Å². The van der Waals surface area contributed by atoms with Gasteiger partial charge in [-0.2, -0.15) is 5.10 Å². The molecule has 0 amide bonds. The van der Waals surface area contributed by atoms with Gasteiger partial charge in [-0.05, 0) is 37.3 Å². The van der Waals surface area contributed by atoms with Crippen LogP contribution < -0.4 is 5.32 Å². The van der Waals surface area contributed by atoms with Crippen molar-refractivity contribution in [2.24, 2.45) is 0 Å². The van der Waals surface area contributed by atoms with Gasteiger partial charge in [0.05, 0.1) is 16.7 Å². The molecule has 0 fully saturated rings. The monoisotopic (exact) mass is 387 g/mol. The predicted molar refractivity (Wildman–Crippen MR) is 116 cm³/mol. The summed E-state index contributed by atoms with van der Waals surface area (Å²) in [5, 5.41) is 14.2. The quantitative estimate of drug-likeness (QED) is 0.447. The lowest BCUT2D eigenvalue weighted by Crippen LogP contribution is -1.99. The van der Waals surface area contributed by atoms with E-state index in [2.05, 4.69) is 55.4 Å². The number of halogens is 1. The molecule has 1 N–H and O–H groups in total. The fraction of sp³-hybridized carbons (Fsp3) is 0.0455. The average Bonchev–Trinajstić information content (AvgIpc) is 3.14. The lowest BCUT2D eigenvalue weighted by molar-refractivity contribution is 1.01. The van der Waals surface area contributed by atoms with E-state index >= 15 is 0 Å². The third kappa shape index (κ3) is 3.06. The highest BCUT2D eigenvalue weighted by Crippen LogP contribution is 2.27. The van der Waals surface area contributed by atoms with Crippen molar-refractivity contribution >= 4 is 45.7 Å². The molecule has 0 atom stereocenters. The van der Waals surface area contributed by atoms with Crippen LogP contribution in [0, 0.1) is 6.92 Å². The molecule has 0 spiro atoms. The van der Waals surface area contributed by atoms with Crippen LogP contribution in [0.1, 0.15) is 5.69 Å². The number of hydrogen-bond donors (Lipinski definition) is 1. The normalized spacial score (nSPS) is 10.8. The highest BCUT2D eigenvalue weighted by atomic mass is 35.5. The topological polar surface area (TPSA) is 55.6 Å². The molecule has 0 radical (unpaired) electrons. The fourth-order valence-electron chi connectivity index (χ4n) is 3.35. The van der Waals surface area contributed by atoms with Gasteiger partial charge >= 0.3 is 0 Å². The first-order chi connectivity index (χ1) is 13.3. The fourth-order valence-corrected chi connectivity index (χ4v) is 3.35. The zero-order valence-electron chi connectivity index (χ0n) is 15.2. The number of nitrogens with zero attached hydrogens (tertiary/aromatic N) is 4. The van der Waals surface area contributed by atoms with Crippen LogP contribution in [0.15, 0.2) is 79.1 Å². The first kappa shape index (κ1) is 17.9. The average molecular weight is 388 g/mol. The van der Waals surface area contributed by atoms with Gasteiger partial charge in [0.1, 0.15) is 6.33 Å². The third-order valence-corrected chi connectivity index (χ3v) is 4.72. The summed E-state index contributed by atoms with van der Waals surface area (Å²) in [5.41, 5.74) is 4.94. The molecule has 28 heavy (non-hydrogen) atoms. The van der Waals surface area contributed by atoms with Crippen LogP contribution in [0.3, 0.4) is 0 Å². The summed E-state index contributed by atoms with van der Waals surface area (Å²) in [6.07, 6.45) is 1.85. The Morgan fingerprint density at radius 3 is 2.39 bits per heavy atom. The van der Waals surface area contributed by atoms with E-state index in [4.69, 9.17) is 0 Å². The molecule has 5 nitrogen and oxygen atoms in total. The number of aryl methyl sites for hydroxylation is 1. The summed E-state index contributed by atoms with van der Waals surface area (Å²) < 4.78 is 2.08. The van der Waals surface area contributed by atoms with Crippen LogP contribution >= 0.6 is 12.4 Å². The van der Waals surface area contributed by atoms with Crippen molar-refractivity contribution in [3.8, 4) is 5.69 Å². The number of nitrogens with one attached hydrogen (secondary N) is 1. The Kier molecular flexibility index (Phi) is 4.67. The smallest absolute Gasteiger partial charge is 0.160 e. The number of para-hydroxylation sites is 1. The summed E-state index contributed by atoms with van der Waals surface area (Å²) in [6.45, 7) is 1.97. The minimum atomic E-state index is 0. The van der Waals surface area contributed by atoms with Gasteiger partial charge in [-0.25, -0.2) is 4.98 Å². The van der Waals surface area contributed by atoms with Gasteiger partial charge in [0, 0.05) is 22.1 Å². The molecule has 5 aromatic rings. The Balaban J connectivity index is 0.00000192. The van der Waals surface area contributed by atoms with Gasteiger partial charge in [-0.15, -0.1) is 17.5 Å². The van der Waals surface area contributed by atoms with Crippen LogP contribution in [0.5, 0.6) is 0 Å². The Bertz CT molecular complexity index is 1260. The van der Waals surface area contributed by atoms with E-state index in [1.807, 2.05) is 55.7 Å². The van der Waals surface area contributed by atoms with Gasteiger partial charge < -0.3 is 5.32 Å². The van der Waals surface area contributed by atoms with Gasteiger partial charge in [0.25, 0.3) is 0 Å². The molecule has 0 aliphatic heterocycles. The summed E-state index contributed by atoms with van der Waals surface area (Å²) in [5.74, 6) is 0.748. The molecule has 0 saturated heterocycles. The first-order valence-electron chi connectivity index (χ1n) is 8.81. The maximum Gasteiger partial charge on any atom is 0.160 e. The van der Waals surface area contributed by atoms with E-state index in [0.717, 1.165) is 44.7 Å². The first-order valence-corrected chi connectivity index (χ1v) is 8.81. The summed E-state index contributed by atoms with van der Waals surface area (Å²) >= 11 is 0. The molecule has 3 aromatic carbocycles. The lowest BCUT2D eigenvalue weighted by atomic mass is 10.1. The zero-order valence-corrected chi connectivity index (χ0v) is 16.0. The molecule has 0 bridgehead atoms. The summed E-state index contributed by atoms with van der Waals surface area (Å²) in [6, 6.07) is 24.5. The van der Waals surface area contributed by atoms with E-state index in [-0.39, 0.29) is 12.4 Å². The van der Waals surface area contributed by atoms with Crippen molar-refractivity contribution in [1.29, 1.82) is 0 Å². The Labute approximate surface area is 168 Å². The second-order valence-electron chi connectivity index (χ2n) is 6.46. The van der Waals surface area contributed by atoms with Crippen LogP contribution in [0.25, 0.3) is 27.5 Å². The molecule has 2 heterocycles. The second kappa shape index (κ2) is 7.29. The molecular formula is C22H18ClN5. The van der Waals surface area contributed by atoms with Crippen LogP contribution in [0.2, 0.25) is 0 Å². The molecule has 0 aliphatic rings. The zero-order chi connectivity index (χ0) is 18.2. The molecule has 138 valence electrons. The van der Waals surface area contributed by atoms with Crippen LogP contribution in [-0.2, 0) is 0 Å². The summed E-state index contributed by atoms with van der Waals surface area (Å²) in [7, 11) is 0. The van der Waals surface area contributed by atoms with E-state index in [1.54, 1.807) is 0 Å². The van der Waals surface area contributed by atoms with Crippen molar-refractivity contribution < 1.29 is 0 Å². The van der Waals surface area contributed by atoms with Crippen molar-refractivity contribution in [3.63, 3.8) is 0 Å². The lowest BCUT2D eigenvalue weighted by Gasteiger charge is -2.10. The molecule has 5 rings (SSSR count). The Morgan fingerprint density at radius 1 is 0.821 bits per heavy atom. The highest BCUT2D eigenvalue weighted by molar-refractivity contribution is 5.94. The Morgan fingerprint density at radius 2 is 1.57 bits per heavy atom. The minimum absolute atomic E-state index is 0. The highest BCUT2D eigenvalue weighted by Gasteiger charge is 2.09. The SMILES string of the molecule is Cc1nnc(Nc2ccc3c(c2)ncn3-c2ccccc2)c2ccccc12.Cl. The van der Waals surface area contributed by atoms with E-state index < -0.39 is 0 Å². The largest absolute Gasteiger partial charge is 0.338 e. The van der Waals surface area contributed by atoms with Crippen LogP contribution in [-0.4, -0.2) is 19.7 Å². The van der Waals surface area contributed by atoms with E-state index in [9.17, 15) is 0 Å². The van der Waals surface area contributed by atoms with Crippen molar-refractivity contribution in [1.82, 2.24) is 19.7 Å². The molecule has 0 unspecified atom stereocenters. The van der Waals surface area contributed by atoms with Gasteiger partial charge in [0.2, 0.25) is 0 Å². The van der Waals surface area contributed by atoms with E-state index in [0.29, 0.717) is 0 Å². The molecule has 6 heteroatoms. The number of imidazole rings is 1. The summed E-state index contributed by atoms with van der Waals surface area (Å²) in [4.78, 5) is 4.56. The maximum absolute atomic E-state index is 4.56. The predicted octanol–water partition coefficient (Wildman–Crippen LogP) is 5.44. The molecule has 0 saturated carbocycles. The molecule has 2 aromatic heterocycles. The number of rotatable bonds is 3. The standard InChI is InChI=1S/C22H17N5.ClH/c1-15-18-9-5-6-10-19(18)22(26-25-15)24-16-11-12-21-20(13-16)23-14-27(21)17-7-3-2-4-8-17;/h2-14H,1H3,(H,24,26);1H. The minimum Gasteiger partial charge on any atom is -0.338 e. The van der Waals surface area contributed by atoms with Gasteiger partial charge in [-0.1, -0.05) is 42.5 Å². The number of benzene rings is 3. The molecule has 0 aliphatic carbocycles. The van der Waals surface area contributed by atoms with Gasteiger partial charge in [0.15, 0.2) is 5.82 Å². The van der Waals surface area contributed by atoms with Crippen LogP contribution in [0.4, 0.5) is 11.5 Å². The number of hydrogen-bond acceptors (Lipinski definition) is 4.